The zero-order valence-electron chi connectivity index (χ0n) is 19.0. The summed E-state index contributed by atoms with van der Waals surface area (Å²) in [7, 11) is 1.73. The lowest BCUT2D eigenvalue weighted by molar-refractivity contribution is -0.0514. The van der Waals surface area contributed by atoms with Gasteiger partial charge in [-0.2, -0.15) is 8.78 Å². The molecule has 1 aliphatic rings. The van der Waals surface area contributed by atoms with Crippen LogP contribution in [0.15, 0.2) is 23.2 Å². The molecular formula is C22H36F2N4O3. The number of guanidine groups is 1. The summed E-state index contributed by atoms with van der Waals surface area (Å²) in [4.78, 5) is 6.78. The molecule has 0 amide bonds. The molecule has 2 N–H and O–H groups in total. The predicted molar refractivity (Wildman–Crippen MR) is 118 cm³/mol. The Bertz CT molecular complexity index is 683. The molecule has 0 aromatic heterocycles. The molecule has 0 aliphatic carbocycles. The highest BCUT2D eigenvalue weighted by Gasteiger charge is 2.22. The zero-order valence-corrected chi connectivity index (χ0v) is 19.0. The minimum atomic E-state index is -2.89. The predicted octanol–water partition coefficient (Wildman–Crippen LogP) is 3.10. The lowest BCUT2D eigenvalue weighted by Gasteiger charge is -2.35. The van der Waals surface area contributed by atoms with Crippen molar-refractivity contribution < 1.29 is 23.0 Å². The number of halogens is 2. The van der Waals surface area contributed by atoms with Crippen LogP contribution in [0.1, 0.15) is 32.8 Å². The SMILES string of the molecule is CCOc1cc(CNC(=NC)NCC(CC(C)C)N2CCOCC2)ccc1OC(F)F. The quantitative estimate of drug-likeness (QED) is 0.406. The number of aliphatic imine (C=N–C) groups is 1. The first kappa shape index (κ1) is 25.1. The molecule has 1 fully saturated rings. The van der Waals surface area contributed by atoms with Gasteiger partial charge >= 0.3 is 6.61 Å². The van der Waals surface area contributed by atoms with E-state index < -0.39 is 6.61 Å². The highest BCUT2D eigenvalue weighted by molar-refractivity contribution is 5.79. The zero-order chi connectivity index (χ0) is 22.6. The number of benzene rings is 1. The molecule has 0 bridgehead atoms. The number of ether oxygens (including phenoxy) is 3. The van der Waals surface area contributed by atoms with E-state index in [-0.39, 0.29) is 5.75 Å². The second-order valence-corrected chi connectivity index (χ2v) is 7.83. The summed E-state index contributed by atoms with van der Waals surface area (Å²) in [5, 5.41) is 6.70. The average molecular weight is 443 g/mol. The summed E-state index contributed by atoms with van der Waals surface area (Å²) in [5.74, 6) is 1.61. The van der Waals surface area contributed by atoms with Gasteiger partial charge in [-0.1, -0.05) is 19.9 Å². The number of nitrogens with zero attached hydrogens (tertiary/aromatic N) is 2. The van der Waals surface area contributed by atoms with Gasteiger partial charge in [0.05, 0.1) is 19.8 Å². The van der Waals surface area contributed by atoms with Crippen LogP contribution in [0, 0.1) is 5.92 Å². The Morgan fingerprint density at radius 1 is 1.19 bits per heavy atom. The van der Waals surface area contributed by atoms with Crippen molar-refractivity contribution >= 4 is 5.96 Å². The summed E-state index contributed by atoms with van der Waals surface area (Å²) in [6, 6.07) is 5.34. The first-order chi connectivity index (χ1) is 14.9. The van der Waals surface area contributed by atoms with Crippen molar-refractivity contribution in [3.63, 3.8) is 0 Å². The highest BCUT2D eigenvalue weighted by atomic mass is 19.3. The lowest BCUT2D eigenvalue weighted by Crippen LogP contribution is -2.50. The van der Waals surface area contributed by atoms with Gasteiger partial charge in [-0.3, -0.25) is 9.89 Å². The summed E-state index contributed by atoms with van der Waals surface area (Å²) in [5.41, 5.74) is 0.875. The number of hydrogen-bond acceptors (Lipinski definition) is 5. The maximum atomic E-state index is 12.6. The Hall–Kier alpha value is -2.13. The van der Waals surface area contributed by atoms with E-state index in [0.29, 0.717) is 36.8 Å². The van der Waals surface area contributed by atoms with Gasteiger partial charge in [0, 0.05) is 39.3 Å². The first-order valence-electron chi connectivity index (χ1n) is 10.9. The van der Waals surface area contributed by atoms with Crippen molar-refractivity contribution in [2.45, 2.75) is 46.4 Å². The van der Waals surface area contributed by atoms with Gasteiger partial charge in [0.2, 0.25) is 0 Å². The Labute approximate surface area is 184 Å². The van der Waals surface area contributed by atoms with Gasteiger partial charge in [0.1, 0.15) is 0 Å². The van der Waals surface area contributed by atoms with E-state index in [0.717, 1.165) is 44.8 Å². The molecule has 1 heterocycles. The van der Waals surface area contributed by atoms with Crippen LogP contribution in [0.25, 0.3) is 0 Å². The van der Waals surface area contributed by atoms with Gasteiger partial charge in [-0.25, -0.2) is 0 Å². The van der Waals surface area contributed by atoms with Gasteiger partial charge < -0.3 is 24.8 Å². The molecule has 31 heavy (non-hydrogen) atoms. The van der Waals surface area contributed by atoms with Crippen molar-refractivity contribution in [2.24, 2.45) is 10.9 Å². The van der Waals surface area contributed by atoms with Crippen LogP contribution >= 0.6 is 0 Å². The van der Waals surface area contributed by atoms with Crippen LogP contribution in [0.3, 0.4) is 0 Å². The smallest absolute Gasteiger partial charge is 0.387 e. The van der Waals surface area contributed by atoms with E-state index in [1.54, 1.807) is 26.1 Å². The minimum absolute atomic E-state index is 0.0325. The van der Waals surface area contributed by atoms with Crippen LogP contribution in [0.5, 0.6) is 11.5 Å². The van der Waals surface area contributed by atoms with Gasteiger partial charge in [0.25, 0.3) is 0 Å². The Morgan fingerprint density at radius 3 is 2.55 bits per heavy atom. The molecule has 1 aromatic rings. The fourth-order valence-corrected chi connectivity index (χ4v) is 3.59. The minimum Gasteiger partial charge on any atom is -0.490 e. The maximum Gasteiger partial charge on any atom is 0.387 e. The van der Waals surface area contributed by atoms with Gasteiger partial charge in [0.15, 0.2) is 17.5 Å². The summed E-state index contributed by atoms with van der Waals surface area (Å²) >= 11 is 0. The molecular weight excluding hydrogens is 406 g/mol. The molecule has 0 spiro atoms. The molecule has 2 rings (SSSR count). The monoisotopic (exact) mass is 442 g/mol. The topological polar surface area (TPSA) is 67.4 Å². The van der Waals surface area contributed by atoms with Crippen molar-refractivity contribution in [3.8, 4) is 11.5 Å². The Kier molecular flexibility index (Phi) is 10.8. The standard InChI is InChI=1S/C22H36F2N4O3/c1-5-30-20-13-17(6-7-19(20)31-21(23)24)14-26-22(25-4)27-15-18(12-16(2)3)28-8-10-29-11-9-28/h6-7,13,16,18,21H,5,8-12,14-15H2,1-4H3,(H2,25,26,27). The summed E-state index contributed by atoms with van der Waals surface area (Å²) in [6.45, 7) is 8.42. The average Bonchev–Trinajstić information content (AvgIpc) is 2.74. The van der Waals surface area contributed by atoms with Gasteiger partial charge in [-0.05, 0) is 37.0 Å². The molecule has 0 radical (unpaired) electrons. The molecule has 7 nitrogen and oxygen atoms in total. The lowest BCUT2D eigenvalue weighted by atomic mass is 10.0. The van der Waals surface area contributed by atoms with Crippen LogP contribution < -0.4 is 20.1 Å². The van der Waals surface area contributed by atoms with E-state index >= 15 is 0 Å². The normalized spacial score (nSPS) is 16.5. The van der Waals surface area contributed by atoms with Crippen molar-refractivity contribution in [1.82, 2.24) is 15.5 Å². The second kappa shape index (κ2) is 13.3. The number of morpholine rings is 1. The summed E-state index contributed by atoms with van der Waals surface area (Å²) in [6.07, 6.45) is 1.09. The van der Waals surface area contributed by atoms with E-state index in [2.05, 4.69) is 39.1 Å². The van der Waals surface area contributed by atoms with Crippen LogP contribution in [0.4, 0.5) is 8.78 Å². The molecule has 1 unspecified atom stereocenters. The van der Waals surface area contributed by atoms with Crippen molar-refractivity contribution in [3.05, 3.63) is 23.8 Å². The molecule has 1 saturated heterocycles. The summed E-state index contributed by atoms with van der Waals surface area (Å²) < 4.78 is 40.6. The second-order valence-electron chi connectivity index (χ2n) is 7.83. The van der Waals surface area contributed by atoms with Gasteiger partial charge in [-0.15, -0.1) is 0 Å². The third-order valence-electron chi connectivity index (χ3n) is 5.02. The number of nitrogens with one attached hydrogen (secondary N) is 2. The van der Waals surface area contributed by atoms with Crippen LogP contribution in [-0.2, 0) is 11.3 Å². The first-order valence-corrected chi connectivity index (χ1v) is 10.9. The van der Waals surface area contributed by atoms with E-state index in [9.17, 15) is 8.78 Å². The van der Waals surface area contributed by atoms with E-state index in [1.807, 2.05) is 0 Å². The third kappa shape index (κ3) is 8.86. The molecule has 0 saturated carbocycles. The largest absolute Gasteiger partial charge is 0.490 e. The van der Waals surface area contributed by atoms with Crippen molar-refractivity contribution in [2.75, 3.05) is 46.5 Å². The molecule has 1 atom stereocenters. The molecule has 9 heteroatoms. The van der Waals surface area contributed by atoms with Crippen LogP contribution in [-0.4, -0.2) is 70.0 Å². The highest BCUT2D eigenvalue weighted by Crippen LogP contribution is 2.29. The maximum absolute atomic E-state index is 12.6. The molecule has 1 aliphatic heterocycles. The van der Waals surface area contributed by atoms with E-state index in [1.165, 1.54) is 6.07 Å². The fraction of sp³-hybridized carbons (Fsp3) is 0.682. The van der Waals surface area contributed by atoms with Crippen LogP contribution in [0.2, 0.25) is 0 Å². The Balaban J connectivity index is 1.93. The number of hydrogen-bond donors (Lipinski definition) is 2. The number of alkyl halides is 2. The van der Waals surface area contributed by atoms with E-state index in [4.69, 9.17) is 9.47 Å². The molecule has 1 aromatic carbocycles. The fourth-order valence-electron chi connectivity index (χ4n) is 3.59. The Morgan fingerprint density at radius 2 is 1.94 bits per heavy atom. The third-order valence-corrected chi connectivity index (χ3v) is 5.02. The van der Waals surface area contributed by atoms with Crippen molar-refractivity contribution in [1.29, 1.82) is 0 Å². The number of rotatable bonds is 11. The molecule has 176 valence electrons.